The summed E-state index contributed by atoms with van der Waals surface area (Å²) in [6.07, 6.45) is -4.79. The van der Waals surface area contributed by atoms with Crippen LogP contribution < -0.4 is 10.1 Å². The highest BCUT2D eigenvalue weighted by atomic mass is 35.5. The van der Waals surface area contributed by atoms with Crippen LogP contribution in [0.5, 0.6) is 11.5 Å². The molecule has 0 saturated heterocycles. The molecular weight excluding hydrogens is 514 g/mol. The molecule has 0 spiro atoms. The van der Waals surface area contributed by atoms with E-state index in [-0.39, 0.29) is 22.8 Å². The van der Waals surface area contributed by atoms with Crippen LogP contribution in [0.3, 0.4) is 0 Å². The Morgan fingerprint density at radius 2 is 1.80 bits per heavy atom. The van der Waals surface area contributed by atoms with Gasteiger partial charge < -0.3 is 10.1 Å². The number of benzene rings is 2. The molecule has 0 saturated carbocycles. The number of ether oxygens (including phenoxy) is 1. The number of anilines is 1. The molecule has 1 N–H and O–H groups in total. The molecule has 0 fully saturated rings. The topological polar surface area (TPSA) is 112 Å². The largest absolute Gasteiger partial charge is 0.457 e. The molecule has 0 aliphatic carbocycles. The molecule has 0 aliphatic heterocycles. The summed E-state index contributed by atoms with van der Waals surface area (Å²) >= 11 is 12.0. The van der Waals surface area contributed by atoms with Gasteiger partial charge in [0.05, 0.1) is 16.7 Å². The molecule has 9 nitrogen and oxygen atoms in total. The summed E-state index contributed by atoms with van der Waals surface area (Å²) in [5, 5.41) is 17.4. The van der Waals surface area contributed by atoms with Gasteiger partial charge in [0.1, 0.15) is 22.2 Å². The summed E-state index contributed by atoms with van der Waals surface area (Å²) in [7, 11) is 0. The molecule has 0 radical (unpaired) electrons. The number of hydrogen-bond donors (Lipinski definition) is 1. The number of amides is 1. The first-order valence-corrected chi connectivity index (χ1v) is 10.4. The SMILES string of the molecule is Cc1cc(C(F)(F)F)n2nc(C(=O)Nc3cc(Oc4ccc(Cl)cc4)cc([N+](=O)[O-])c3)c(Cl)c2n1. The van der Waals surface area contributed by atoms with Crippen molar-refractivity contribution in [2.45, 2.75) is 13.1 Å². The highest BCUT2D eigenvalue weighted by molar-refractivity contribution is 6.37. The van der Waals surface area contributed by atoms with Crippen LogP contribution in [0.1, 0.15) is 21.9 Å². The Hall–Kier alpha value is -3.90. The number of nitrogens with one attached hydrogen (secondary N) is 1. The highest BCUT2D eigenvalue weighted by Crippen LogP contribution is 2.33. The molecule has 35 heavy (non-hydrogen) atoms. The molecule has 4 aromatic rings. The second kappa shape index (κ2) is 9.04. The zero-order chi connectivity index (χ0) is 25.5. The van der Waals surface area contributed by atoms with Crippen molar-refractivity contribution in [1.82, 2.24) is 14.6 Å². The standard InChI is InChI=1S/C21H12Cl2F3N5O4/c1-10-6-16(21(24,25)26)30-19(27-10)17(23)18(29-30)20(32)28-12-7-13(31(33)34)9-15(8-12)35-14-4-2-11(22)3-5-14/h2-9H,1H3,(H,28,32). The van der Waals surface area contributed by atoms with E-state index in [0.29, 0.717) is 15.3 Å². The monoisotopic (exact) mass is 525 g/mol. The molecule has 1 amide bonds. The summed E-state index contributed by atoms with van der Waals surface area (Å²) in [6, 6.07) is 10.4. The predicted octanol–water partition coefficient (Wildman–Crippen LogP) is 6.32. The fourth-order valence-corrected chi connectivity index (χ4v) is 3.48. The van der Waals surface area contributed by atoms with E-state index >= 15 is 0 Å². The van der Waals surface area contributed by atoms with Gasteiger partial charge in [0, 0.05) is 22.8 Å². The second-order valence-electron chi connectivity index (χ2n) is 7.16. The number of rotatable bonds is 5. The van der Waals surface area contributed by atoms with Gasteiger partial charge in [0.2, 0.25) is 0 Å². The van der Waals surface area contributed by atoms with Crippen molar-refractivity contribution in [3.05, 3.63) is 85.8 Å². The molecule has 0 atom stereocenters. The van der Waals surface area contributed by atoms with E-state index in [4.69, 9.17) is 27.9 Å². The Morgan fingerprint density at radius 1 is 1.11 bits per heavy atom. The predicted molar refractivity (Wildman–Crippen MR) is 120 cm³/mol. The Balaban J connectivity index is 1.70. The van der Waals surface area contributed by atoms with E-state index in [1.54, 1.807) is 12.1 Å². The third-order valence-electron chi connectivity index (χ3n) is 4.58. The number of fused-ring (bicyclic) bond motifs is 1. The first-order valence-electron chi connectivity index (χ1n) is 9.59. The summed E-state index contributed by atoms with van der Waals surface area (Å²) < 4.78 is 46.3. The molecule has 180 valence electrons. The maximum atomic E-state index is 13.4. The van der Waals surface area contributed by atoms with Gasteiger partial charge in [-0.1, -0.05) is 23.2 Å². The van der Waals surface area contributed by atoms with Crippen molar-refractivity contribution >= 4 is 46.1 Å². The van der Waals surface area contributed by atoms with E-state index in [9.17, 15) is 28.1 Å². The molecule has 0 bridgehead atoms. The van der Waals surface area contributed by atoms with Crippen molar-refractivity contribution in [3.8, 4) is 11.5 Å². The van der Waals surface area contributed by atoms with Crippen molar-refractivity contribution in [1.29, 1.82) is 0 Å². The minimum Gasteiger partial charge on any atom is -0.457 e. The Kier molecular flexibility index (Phi) is 6.26. The van der Waals surface area contributed by atoms with Gasteiger partial charge in [-0.25, -0.2) is 9.50 Å². The summed E-state index contributed by atoms with van der Waals surface area (Å²) in [5.74, 6) is -0.685. The van der Waals surface area contributed by atoms with Gasteiger partial charge in [0.15, 0.2) is 11.3 Å². The van der Waals surface area contributed by atoms with Crippen molar-refractivity contribution < 1.29 is 27.6 Å². The maximum absolute atomic E-state index is 13.4. The Bertz CT molecular complexity index is 1470. The van der Waals surface area contributed by atoms with Crippen molar-refractivity contribution in [2.24, 2.45) is 0 Å². The van der Waals surface area contributed by atoms with Gasteiger partial charge in [-0.05, 0) is 37.3 Å². The number of nitro benzene ring substituents is 1. The summed E-state index contributed by atoms with van der Waals surface area (Å²) in [5.41, 5.74) is -2.57. The molecule has 4 rings (SSSR count). The second-order valence-corrected chi connectivity index (χ2v) is 7.98. The quantitative estimate of drug-likeness (QED) is 0.241. The zero-order valence-corrected chi connectivity index (χ0v) is 18.9. The van der Waals surface area contributed by atoms with Gasteiger partial charge in [-0.2, -0.15) is 18.3 Å². The molecule has 2 aromatic carbocycles. The van der Waals surface area contributed by atoms with Crippen LogP contribution in [-0.4, -0.2) is 25.4 Å². The Morgan fingerprint density at radius 3 is 2.43 bits per heavy atom. The molecule has 2 aromatic heterocycles. The lowest BCUT2D eigenvalue weighted by Gasteiger charge is -2.09. The van der Waals surface area contributed by atoms with E-state index in [1.165, 1.54) is 25.1 Å². The third kappa shape index (κ3) is 5.12. The molecule has 2 heterocycles. The number of aromatic nitrogens is 3. The summed E-state index contributed by atoms with van der Waals surface area (Å²) in [6.45, 7) is 1.34. The number of alkyl halides is 3. The lowest BCUT2D eigenvalue weighted by atomic mass is 10.2. The number of nitrogens with zero attached hydrogens (tertiary/aromatic N) is 4. The van der Waals surface area contributed by atoms with Gasteiger partial charge in [0.25, 0.3) is 11.6 Å². The van der Waals surface area contributed by atoms with Crippen LogP contribution in [0.15, 0.2) is 48.5 Å². The van der Waals surface area contributed by atoms with E-state index in [1.807, 2.05) is 0 Å². The van der Waals surface area contributed by atoms with Crippen LogP contribution in [0.4, 0.5) is 24.5 Å². The molecule has 0 aliphatic rings. The van der Waals surface area contributed by atoms with Gasteiger partial charge in [-0.15, -0.1) is 0 Å². The lowest BCUT2D eigenvalue weighted by Crippen LogP contribution is -2.16. The van der Waals surface area contributed by atoms with Crippen molar-refractivity contribution in [3.63, 3.8) is 0 Å². The number of carbonyl (C=O) groups is 1. The van der Waals surface area contributed by atoms with Gasteiger partial charge in [-0.3, -0.25) is 14.9 Å². The average molecular weight is 526 g/mol. The number of halogens is 5. The normalized spacial score (nSPS) is 11.5. The zero-order valence-electron chi connectivity index (χ0n) is 17.4. The first kappa shape index (κ1) is 24.2. The number of carbonyl (C=O) groups excluding carboxylic acids is 1. The third-order valence-corrected chi connectivity index (χ3v) is 5.18. The lowest BCUT2D eigenvalue weighted by molar-refractivity contribution is -0.384. The highest BCUT2D eigenvalue weighted by Gasteiger charge is 2.36. The fraction of sp³-hybridized carbons (Fsp3) is 0.0952. The first-order chi connectivity index (χ1) is 16.4. The smallest absolute Gasteiger partial charge is 0.433 e. The molecule has 0 unspecified atom stereocenters. The van der Waals surface area contributed by atoms with E-state index < -0.39 is 39.1 Å². The number of hydrogen-bond acceptors (Lipinski definition) is 6. The molecular formula is C21H12Cl2F3N5O4. The van der Waals surface area contributed by atoms with Crippen LogP contribution in [-0.2, 0) is 6.18 Å². The Labute approximate surface area is 204 Å². The average Bonchev–Trinajstić information content (AvgIpc) is 3.10. The number of non-ortho nitro benzene ring substituents is 1. The minimum atomic E-state index is -4.79. The van der Waals surface area contributed by atoms with Crippen LogP contribution in [0.2, 0.25) is 10.0 Å². The van der Waals surface area contributed by atoms with Crippen LogP contribution in [0.25, 0.3) is 5.65 Å². The van der Waals surface area contributed by atoms with Crippen LogP contribution in [0, 0.1) is 17.0 Å². The summed E-state index contributed by atoms with van der Waals surface area (Å²) in [4.78, 5) is 27.4. The maximum Gasteiger partial charge on any atom is 0.433 e. The molecule has 14 heteroatoms. The number of nitro groups is 1. The van der Waals surface area contributed by atoms with Gasteiger partial charge >= 0.3 is 6.18 Å². The van der Waals surface area contributed by atoms with E-state index in [2.05, 4.69) is 15.4 Å². The van der Waals surface area contributed by atoms with E-state index in [0.717, 1.165) is 18.2 Å². The van der Waals surface area contributed by atoms with Crippen molar-refractivity contribution in [2.75, 3.05) is 5.32 Å². The minimum absolute atomic E-state index is 0.00886. The number of aryl methyl sites for hydroxylation is 1. The fourth-order valence-electron chi connectivity index (χ4n) is 3.11. The van der Waals surface area contributed by atoms with Crippen LogP contribution >= 0.6 is 23.2 Å².